The molecule has 0 nitrogen and oxygen atoms in total. The predicted molar refractivity (Wildman–Crippen MR) is 111 cm³/mol. The molecular formula is C25H20S. The van der Waals surface area contributed by atoms with Crippen LogP contribution in [0.15, 0.2) is 72.8 Å². The molecule has 1 heterocycles. The highest BCUT2D eigenvalue weighted by molar-refractivity contribution is 8.08. The lowest BCUT2D eigenvalue weighted by atomic mass is 9.70. The molecule has 126 valence electrons. The van der Waals surface area contributed by atoms with Crippen molar-refractivity contribution in [3.05, 3.63) is 106 Å². The lowest BCUT2D eigenvalue weighted by Crippen LogP contribution is -2.28. The van der Waals surface area contributed by atoms with Crippen molar-refractivity contribution in [3.63, 3.8) is 0 Å². The molecule has 2 aliphatic carbocycles. The molecule has 0 amide bonds. The third kappa shape index (κ3) is 1.72. The van der Waals surface area contributed by atoms with Gasteiger partial charge in [0, 0.05) is 0 Å². The van der Waals surface area contributed by atoms with E-state index in [0.29, 0.717) is 0 Å². The van der Waals surface area contributed by atoms with Crippen molar-refractivity contribution < 1.29 is 0 Å². The number of thioether (sulfide) groups is 1. The molecule has 1 aliphatic heterocycles. The van der Waals surface area contributed by atoms with Gasteiger partial charge in [-0.3, -0.25) is 0 Å². The van der Waals surface area contributed by atoms with Crippen LogP contribution < -0.4 is 0 Å². The number of fused-ring (bicyclic) bond motifs is 7. The van der Waals surface area contributed by atoms with Crippen molar-refractivity contribution >= 4 is 23.9 Å². The Morgan fingerprint density at radius 1 is 0.654 bits per heavy atom. The first-order valence-corrected chi connectivity index (χ1v) is 10.3. The first-order chi connectivity index (χ1) is 12.9. The van der Waals surface area contributed by atoms with Crippen LogP contribution in [-0.4, -0.2) is 0 Å². The molecular weight excluding hydrogens is 332 g/mol. The first-order valence-electron chi connectivity index (χ1n) is 9.51. The smallest absolute Gasteiger partial charge is 0.0866 e. The van der Waals surface area contributed by atoms with Gasteiger partial charge in [0.15, 0.2) is 0 Å². The first kappa shape index (κ1) is 14.9. The molecule has 26 heavy (non-hydrogen) atoms. The average molecular weight is 353 g/mol. The van der Waals surface area contributed by atoms with Crippen LogP contribution >= 0.6 is 11.8 Å². The lowest BCUT2D eigenvalue weighted by Gasteiger charge is -2.31. The maximum Gasteiger partial charge on any atom is 0.0866 e. The Morgan fingerprint density at radius 2 is 1.23 bits per heavy atom. The summed E-state index contributed by atoms with van der Waals surface area (Å²) in [5.41, 5.74) is 8.84. The molecule has 0 radical (unpaired) electrons. The lowest BCUT2D eigenvalue weighted by molar-refractivity contribution is 0.500. The van der Waals surface area contributed by atoms with Crippen molar-refractivity contribution in [3.8, 4) is 0 Å². The van der Waals surface area contributed by atoms with Gasteiger partial charge in [0.25, 0.3) is 0 Å². The quantitative estimate of drug-likeness (QED) is 0.422. The van der Waals surface area contributed by atoms with Gasteiger partial charge in [-0.2, -0.15) is 0 Å². The summed E-state index contributed by atoms with van der Waals surface area (Å²) in [5.74, 6) is 0. The van der Waals surface area contributed by atoms with Gasteiger partial charge in [0.05, 0.1) is 9.49 Å². The van der Waals surface area contributed by atoms with E-state index in [9.17, 15) is 0 Å². The van der Waals surface area contributed by atoms with E-state index in [-0.39, 0.29) is 9.49 Å². The monoisotopic (exact) mass is 352 g/mol. The van der Waals surface area contributed by atoms with E-state index in [1.54, 1.807) is 11.1 Å². The number of hydrogen-bond acceptors (Lipinski definition) is 1. The second-order valence-electron chi connectivity index (χ2n) is 7.63. The Morgan fingerprint density at radius 3 is 1.92 bits per heavy atom. The second-order valence-corrected chi connectivity index (χ2v) is 9.14. The van der Waals surface area contributed by atoms with Crippen molar-refractivity contribution in [1.29, 1.82) is 0 Å². The molecule has 0 N–H and O–H groups in total. The third-order valence-corrected chi connectivity index (χ3v) is 8.37. The average Bonchev–Trinajstić information content (AvgIpc) is 3.39. The highest BCUT2D eigenvalue weighted by atomic mass is 32.2. The van der Waals surface area contributed by atoms with Crippen LogP contribution in [0.1, 0.15) is 46.2 Å². The number of hydrogen-bond donors (Lipinski definition) is 0. The van der Waals surface area contributed by atoms with Crippen LogP contribution in [0, 0.1) is 0 Å². The van der Waals surface area contributed by atoms with E-state index >= 15 is 0 Å². The van der Waals surface area contributed by atoms with E-state index in [4.69, 9.17) is 0 Å². The maximum absolute atomic E-state index is 2.39. The van der Waals surface area contributed by atoms with Gasteiger partial charge in [0.1, 0.15) is 0 Å². The molecule has 1 atom stereocenters. The number of aryl methyl sites for hydroxylation is 1. The molecule has 0 saturated carbocycles. The highest BCUT2D eigenvalue weighted by Crippen LogP contribution is 2.82. The minimum Gasteiger partial charge on any atom is -0.130 e. The van der Waals surface area contributed by atoms with E-state index in [1.807, 2.05) is 0 Å². The minimum absolute atomic E-state index is 0.0419. The van der Waals surface area contributed by atoms with Gasteiger partial charge in [-0.15, -0.1) is 11.8 Å². The Balaban J connectivity index is 1.69. The van der Waals surface area contributed by atoms with Gasteiger partial charge in [-0.25, -0.2) is 0 Å². The Hall–Kier alpha value is -2.25. The molecule has 0 aromatic heterocycles. The maximum atomic E-state index is 2.39. The fraction of sp³-hybridized carbons (Fsp3) is 0.200. The molecule has 1 saturated heterocycles. The zero-order valence-corrected chi connectivity index (χ0v) is 15.4. The fourth-order valence-electron chi connectivity index (χ4n) is 5.30. The van der Waals surface area contributed by atoms with Gasteiger partial charge >= 0.3 is 0 Å². The summed E-state index contributed by atoms with van der Waals surface area (Å²) < 4.78 is 0.223. The van der Waals surface area contributed by atoms with Crippen LogP contribution in [-0.2, 0) is 15.9 Å². The van der Waals surface area contributed by atoms with Crippen molar-refractivity contribution in [2.24, 2.45) is 0 Å². The summed E-state index contributed by atoms with van der Waals surface area (Å²) in [5, 5.41) is 0. The van der Waals surface area contributed by atoms with Crippen LogP contribution in [0.3, 0.4) is 0 Å². The zero-order chi connectivity index (χ0) is 17.2. The Labute approximate surface area is 159 Å². The van der Waals surface area contributed by atoms with E-state index in [2.05, 4.69) is 96.7 Å². The fourth-order valence-corrected chi connectivity index (χ4v) is 7.35. The molecule has 3 aromatic carbocycles. The molecule has 0 bridgehead atoms. The van der Waals surface area contributed by atoms with Crippen LogP contribution in [0.5, 0.6) is 0 Å². The van der Waals surface area contributed by atoms with E-state index in [1.165, 1.54) is 41.5 Å². The van der Waals surface area contributed by atoms with Gasteiger partial charge in [0.2, 0.25) is 0 Å². The highest BCUT2D eigenvalue weighted by Gasteiger charge is 2.72. The van der Waals surface area contributed by atoms with Gasteiger partial charge in [-0.05, 0) is 52.6 Å². The molecule has 3 aliphatic rings. The van der Waals surface area contributed by atoms with Gasteiger partial charge < -0.3 is 0 Å². The Kier molecular flexibility index (Phi) is 2.94. The van der Waals surface area contributed by atoms with E-state index in [0.717, 1.165) is 0 Å². The standard InChI is InChI=1S/C25H20S/c1-4-12-21-18(8-1)11-7-17-24(21)25(26-24)22-13-5-2-9-19(22)15-16-20-10-3-6-14-23(20)25/h1-6,8-10,12-16H,7,11,17H2. The minimum atomic E-state index is 0.0419. The Bertz CT molecular complexity index is 1010. The molecule has 6 rings (SSSR count). The summed E-state index contributed by atoms with van der Waals surface area (Å²) in [6.07, 6.45) is 8.38. The summed E-state index contributed by atoms with van der Waals surface area (Å²) >= 11 is 2.18. The largest absolute Gasteiger partial charge is 0.130 e. The molecule has 3 aromatic rings. The van der Waals surface area contributed by atoms with E-state index < -0.39 is 0 Å². The molecule has 2 spiro atoms. The van der Waals surface area contributed by atoms with Crippen molar-refractivity contribution in [1.82, 2.24) is 0 Å². The summed E-state index contributed by atoms with van der Waals surface area (Å²) in [7, 11) is 0. The summed E-state index contributed by atoms with van der Waals surface area (Å²) in [6.45, 7) is 0. The number of rotatable bonds is 0. The molecule has 1 heteroatoms. The molecule has 1 unspecified atom stereocenters. The third-order valence-electron chi connectivity index (χ3n) is 6.40. The zero-order valence-electron chi connectivity index (χ0n) is 14.6. The van der Waals surface area contributed by atoms with Crippen molar-refractivity contribution in [2.75, 3.05) is 0 Å². The summed E-state index contributed by atoms with van der Waals surface area (Å²) in [6, 6.07) is 27.2. The molecule has 1 fully saturated rings. The van der Waals surface area contributed by atoms with Crippen molar-refractivity contribution in [2.45, 2.75) is 28.8 Å². The van der Waals surface area contributed by atoms with Crippen LogP contribution in [0.2, 0.25) is 0 Å². The van der Waals surface area contributed by atoms with Crippen LogP contribution in [0.4, 0.5) is 0 Å². The van der Waals surface area contributed by atoms with Crippen LogP contribution in [0.25, 0.3) is 12.2 Å². The van der Waals surface area contributed by atoms with Gasteiger partial charge in [-0.1, -0.05) is 84.9 Å². The second kappa shape index (κ2) is 5.14. The summed E-state index contributed by atoms with van der Waals surface area (Å²) in [4.78, 5) is 0. The number of benzene rings is 3. The predicted octanol–water partition coefficient (Wildman–Crippen LogP) is 6.39. The normalized spacial score (nSPS) is 23.8. The topological polar surface area (TPSA) is 0 Å². The SMILES string of the molecule is C1=Cc2ccccc2C2(SC23CCCc2ccccc23)c2ccccc21.